The maximum Gasteiger partial charge on any atom is 0.328 e. The lowest BCUT2D eigenvalue weighted by Gasteiger charge is -2.24. The molecular weight excluding hydrogens is 466 g/mol. The van der Waals surface area contributed by atoms with Crippen LogP contribution in [-0.4, -0.2) is 81.7 Å². The Morgan fingerprint density at radius 2 is 1.37 bits per heavy atom. The standard InChI is InChI=1S/C21H29N5O9/c22-12(8-11-4-2-1-3-5-11)18(31)24-13(6-7-16(23)28)19(32)25-14(9-17(29)30)20(33)26-15(10-27)21(34)35/h1-5,12-15,27H,6-10,22H2,(H2,23,28)(H,24,31)(H,25,32)(H,26,33)(H,29,30)(H,34,35). The summed E-state index contributed by atoms with van der Waals surface area (Å²) in [6.07, 6.45) is -1.40. The first-order valence-electron chi connectivity index (χ1n) is 10.5. The molecule has 1 rings (SSSR count). The SMILES string of the molecule is NC(=O)CCC(NC(=O)C(N)Cc1ccccc1)C(=O)NC(CC(=O)O)C(=O)NC(CO)C(=O)O. The van der Waals surface area contributed by atoms with Gasteiger partial charge in [0.05, 0.1) is 19.1 Å². The Labute approximate surface area is 200 Å². The molecule has 192 valence electrons. The second-order valence-electron chi connectivity index (χ2n) is 7.60. The van der Waals surface area contributed by atoms with Gasteiger partial charge in [-0.15, -0.1) is 0 Å². The molecular formula is C21H29N5O9. The first kappa shape index (κ1) is 29.0. The zero-order valence-corrected chi connectivity index (χ0v) is 18.7. The Bertz CT molecular complexity index is 925. The molecule has 0 heterocycles. The van der Waals surface area contributed by atoms with Crippen LogP contribution in [0.3, 0.4) is 0 Å². The average Bonchev–Trinajstić information content (AvgIpc) is 2.79. The van der Waals surface area contributed by atoms with Gasteiger partial charge in [0.1, 0.15) is 18.1 Å². The molecule has 0 saturated heterocycles. The second-order valence-corrected chi connectivity index (χ2v) is 7.60. The molecule has 0 radical (unpaired) electrons. The van der Waals surface area contributed by atoms with E-state index in [9.17, 15) is 28.8 Å². The van der Waals surface area contributed by atoms with E-state index >= 15 is 0 Å². The van der Waals surface area contributed by atoms with Gasteiger partial charge in [0, 0.05) is 6.42 Å². The van der Waals surface area contributed by atoms with Crippen LogP contribution >= 0.6 is 0 Å². The van der Waals surface area contributed by atoms with E-state index in [4.69, 9.17) is 26.8 Å². The van der Waals surface area contributed by atoms with Crippen molar-refractivity contribution in [2.24, 2.45) is 11.5 Å². The van der Waals surface area contributed by atoms with Gasteiger partial charge in [-0.3, -0.25) is 24.0 Å². The van der Waals surface area contributed by atoms with Crippen molar-refractivity contribution in [3.63, 3.8) is 0 Å². The Morgan fingerprint density at radius 1 is 0.829 bits per heavy atom. The van der Waals surface area contributed by atoms with Gasteiger partial charge in [-0.2, -0.15) is 0 Å². The van der Waals surface area contributed by atoms with Crippen molar-refractivity contribution < 1.29 is 44.1 Å². The molecule has 1 aromatic carbocycles. The van der Waals surface area contributed by atoms with Gasteiger partial charge in [0.2, 0.25) is 23.6 Å². The molecule has 0 aromatic heterocycles. The molecule has 0 aliphatic heterocycles. The number of carbonyl (C=O) groups is 6. The molecule has 10 N–H and O–H groups in total. The van der Waals surface area contributed by atoms with Crippen molar-refractivity contribution >= 4 is 35.6 Å². The molecule has 14 heteroatoms. The van der Waals surface area contributed by atoms with E-state index in [2.05, 4.69) is 10.6 Å². The third kappa shape index (κ3) is 10.6. The van der Waals surface area contributed by atoms with Gasteiger partial charge in [-0.1, -0.05) is 30.3 Å². The molecule has 0 fully saturated rings. The number of benzene rings is 1. The number of nitrogens with one attached hydrogen (secondary N) is 3. The number of carbonyl (C=O) groups excluding carboxylic acids is 4. The van der Waals surface area contributed by atoms with E-state index in [1.165, 1.54) is 0 Å². The highest BCUT2D eigenvalue weighted by atomic mass is 16.4. The molecule has 0 aliphatic rings. The fraction of sp³-hybridized carbons (Fsp3) is 0.429. The van der Waals surface area contributed by atoms with Crippen LogP contribution in [0.2, 0.25) is 0 Å². The number of carboxylic acids is 2. The number of aliphatic hydroxyl groups is 1. The highest BCUT2D eigenvalue weighted by Crippen LogP contribution is 2.05. The maximum absolute atomic E-state index is 12.8. The van der Waals surface area contributed by atoms with E-state index in [1.54, 1.807) is 30.3 Å². The summed E-state index contributed by atoms with van der Waals surface area (Å²) in [5.41, 5.74) is 11.8. The van der Waals surface area contributed by atoms with Crippen molar-refractivity contribution in [1.29, 1.82) is 0 Å². The molecule has 4 atom stereocenters. The van der Waals surface area contributed by atoms with Gasteiger partial charge < -0.3 is 42.7 Å². The quantitative estimate of drug-likeness (QED) is 0.121. The Kier molecular flexibility index (Phi) is 11.8. The van der Waals surface area contributed by atoms with Crippen molar-refractivity contribution in [2.45, 2.75) is 49.9 Å². The van der Waals surface area contributed by atoms with E-state index < -0.39 is 72.8 Å². The summed E-state index contributed by atoms with van der Waals surface area (Å²) >= 11 is 0. The topological polar surface area (TPSA) is 251 Å². The molecule has 4 unspecified atom stereocenters. The average molecular weight is 495 g/mol. The van der Waals surface area contributed by atoms with Crippen molar-refractivity contribution in [3.8, 4) is 0 Å². The van der Waals surface area contributed by atoms with Crippen LogP contribution in [0.25, 0.3) is 0 Å². The van der Waals surface area contributed by atoms with Crippen LogP contribution in [0.15, 0.2) is 30.3 Å². The molecule has 0 aliphatic carbocycles. The lowest BCUT2D eigenvalue weighted by molar-refractivity contribution is -0.144. The lowest BCUT2D eigenvalue weighted by Crippen LogP contribution is -2.58. The number of aliphatic carboxylic acids is 2. The highest BCUT2D eigenvalue weighted by Gasteiger charge is 2.31. The van der Waals surface area contributed by atoms with Crippen LogP contribution in [0.4, 0.5) is 0 Å². The first-order chi connectivity index (χ1) is 16.4. The fourth-order valence-electron chi connectivity index (χ4n) is 2.91. The summed E-state index contributed by atoms with van der Waals surface area (Å²) in [6.45, 7) is -0.981. The number of rotatable bonds is 15. The minimum absolute atomic E-state index is 0.138. The van der Waals surface area contributed by atoms with Gasteiger partial charge in [-0.25, -0.2) is 4.79 Å². The summed E-state index contributed by atoms with van der Waals surface area (Å²) in [5.74, 6) is -6.82. The number of aliphatic hydroxyl groups excluding tert-OH is 1. The first-order valence-corrected chi connectivity index (χ1v) is 10.5. The van der Waals surface area contributed by atoms with E-state index in [-0.39, 0.29) is 19.3 Å². The molecule has 14 nitrogen and oxygen atoms in total. The summed E-state index contributed by atoms with van der Waals surface area (Å²) in [7, 11) is 0. The number of amides is 4. The predicted octanol–water partition coefficient (Wildman–Crippen LogP) is -3.17. The van der Waals surface area contributed by atoms with Gasteiger partial charge in [0.15, 0.2) is 0 Å². The van der Waals surface area contributed by atoms with Gasteiger partial charge >= 0.3 is 11.9 Å². The zero-order valence-electron chi connectivity index (χ0n) is 18.7. The molecule has 0 bridgehead atoms. The number of hydrogen-bond acceptors (Lipinski definition) is 8. The number of hydrogen-bond donors (Lipinski definition) is 8. The zero-order chi connectivity index (χ0) is 26.5. The maximum atomic E-state index is 12.8. The van der Waals surface area contributed by atoms with Crippen LogP contribution in [-0.2, 0) is 35.2 Å². The van der Waals surface area contributed by atoms with Crippen LogP contribution < -0.4 is 27.4 Å². The monoisotopic (exact) mass is 495 g/mol. The van der Waals surface area contributed by atoms with E-state index in [0.29, 0.717) is 0 Å². The number of nitrogens with two attached hydrogens (primary N) is 2. The van der Waals surface area contributed by atoms with Crippen molar-refractivity contribution in [2.75, 3.05) is 6.61 Å². The smallest absolute Gasteiger partial charge is 0.328 e. The minimum atomic E-state index is -1.75. The third-order valence-corrected chi connectivity index (χ3v) is 4.76. The Balaban J connectivity index is 2.97. The fourth-order valence-corrected chi connectivity index (χ4v) is 2.91. The molecule has 35 heavy (non-hydrogen) atoms. The Morgan fingerprint density at radius 3 is 1.89 bits per heavy atom. The highest BCUT2D eigenvalue weighted by molar-refractivity contribution is 5.95. The number of carboxylic acid groups (broad SMARTS) is 2. The van der Waals surface area contributed by atoms with Gasteiger partial charge in [0.25, 0.3) is 0 Å². The Hall–Kier alpha value is -4.04. The number of primary amides is 1. The van der Waals surface area contributed by atoms with Crippen LogP contribution in [0.1, 0.15) is 24.8 Å². The molecule has 0 spiro atoms. The van der Waals surface area contributed by atoms with Gasteiger partial charge in [-0.05, 0) is 18.4 Å². The molecule has 4 amide bonds. The third-order valence-electron chi connectivity index (χ3n) is 4.76. The predicted molar refractivity (Wildman–Crippen MR) is 119 cm³/mol. The van der Waals surface area contributed by atoms with Crippen molar-refractivity contribution in [3.05, 3.63) is 35.9 Å². The normalized spacial score (nSPS) is 14.0. The van der Waals surface area contributed by atoms with E-state index in [0.717, 1.165) is 5.56 Å². The summed E-state index contributed by atoms with van der Waals surface area (Å²) < 4.78 is 0. The largest absolute Gasteiger partial charge is 0.481 e. The summed E-state index contributed by atoms with van der Waals surface area (Å²) in [5, 5.41) is 33.5. The van der Waals surface area contributed by atoms with Crippen molar-refractivity contribution in [1.82, 2.24) is 16.0 Å². The van der Waals surface area contributed by atoms with Crippen LogP contribution in [0, 0.1) is 0 Å². The minimum Gasteiger partial charge on any atom is -0.481 e. The lowest BCUT2D eigenvalue weighted by atomic mass is 10.0. The molecule has 0 saturated carbocycles. The second kappa shape index (κ2) is 14.3. The van der Waals surface area contributed by atoms with E-state index in [1.807, 2.05) is 5.32 Å². The molecule has 1 aromatic rings. The summed E-state index contributed by atoms with van der Waals surface area (Å²) in [6, 6.07) is 2.81. The summed E-state index contributed by atoms with van der Waals surface area (Å²) in [4.78, 5) is 71.1. The van der Waals surface area contributed by atoms with Crippen LogP contribution in [0.5, 0.6) is 0 Å².